The lowest BCUT2D eigenvalue weighted by Gasteiger charge is -2.28. The molecule has 0 radical (unpaired) electrons. The highest BCUT2D eigenvalue weighted by atomic mass is 79.9. The van der Waals surface area contributed by atoms with Crippen LogP contribution in [0.4, 0.5) is 5.69 Å². The molecule has 0 saturated carbocycles. The summed E-state index contributed by atoms with van der Waals surface area (Å²) in [6, 6.07) is 12.7. The van der Waals surface area contributed by atoms with Crippen LogP contribution < -0.4 is 14.4 Å². The molecule has 2 aromatic carbocycles. The highest BCUT2D eigenvalue weighted by molar-refractivity contribution is 9.10. The van der Waals surface area contributed by atoms with Crippen LogP contribution >= 0.6 is 15.9 Å². The summed E-state index contributed by atoms with van der Waals surface area (Å²) in [5.74, 6) is 0.817. The van der Waals surface area contributed by atoms with Crippen molar-refractivity contribution in [1.82, 2.24) is 0 Å². The maximum Gasteiger partial charge on any atom is 0.307 e. The Kier molecular flexibility index (Phi) is 5.78. The van der Waals surface area contributed by atoms with Gasteiger partial charge < -0.3 is 19.1 Å². The minimum atomic E-state index is -0.367. The predicted octanol–water partition coefficient (Wildman–Crippen LogP) is 3.32. The molecule has 3 rings (SSSR count). The van der Waals surface area contributed by atoms with Crippen LogP contribution in [-0.2, 0) is 20.9 Å². The molecule has 6 nitrogen and oxygen atoms in total. The third kappa shape index (κ3) is 4.16. The summed E-state index contributed by atoms with van der Waals surface area (Å²) >= 11 is 3.40. The first-order valence-electron chi connectivity index (χ1n) is 8.08. The highest BCUT2D eigenvalue weighted by Crippen LogP contribution is 2.31. The van der Waals surface area contributed by atoms with Gasteiger partial charge in [0, 0.05) is 6.54 Å². The van der Waals surface area contributed by atoms with E-state index >= 15 is 0 Å². The van der Waals surface area contributed by atoms with Crippen molar-refractivity contribution in [3.05, 3.63) is 52.5 Å². The Bertz CT molecular complexity index is 823. The number of hydrogen-bond donors (Lipinski definition) is 0. The molecular formula is C19H18BrNO5. The second kappa shape index (κ2) is 8.23. The standard InChI is InChI=1S/C19H18BrNO5/c1-24-16-7-6-13(10-14(16)20)11-26-19(23)8-9-21-15-4-2-3-5-17(15)25-12-18(21)22/h2-7,10H,8-9,11-12H2,1H3. The van der Waals surface area contributed by atoms with E-state index in [0.29, 0.717) is 17.2 Å². The van der Waals surface area contributed by atoms with Crippen molar-refractivity contribution in [3.63, 3.8) is 0 Å². The molecule has 0 spiro atoms. The first-order chi connectivity index (χ1) is 12.6. The number of halogens is 1. The second-order valence-corrected chi connectivity index (χ2v) is 6.54. The van der Waals surface area contributed by atoms with Gasteiger partial charge >= 0.3 is 5.97 Å². The molecule has 2 aromatic rings. The van der Waals surface area contributed by atoms with E-state index in [2.05, 4.69) is 15.9 Å². The van der Waals surface area contributed by atoms with E-state index in [1.54, 1.807) is 30.2 Å². The second-order valence-electron chi connectivity index (χ2n) is 5.68. The molecule has 0 saturated heterocycles. The number of ether oxygens (including phenoxy) is 3. The number of nitrogens with zero attached hydrogens (tertiary/aromatic N) is 1. The van der Waals surface area contributed by atoms with Gasteiger partial charge in [0.15, 0.2) is 6.61 Å². The highest BCUT2D eigenvalue weighted by Gasteiger charge is 2.25. The van der Waals surface area contributed by atoms with Gasteiger partial charge in [-0.25, -0.2) is 0 Å². The van der Waals surface area contributed by atoms with Gasteiger partial charge in [0.05, 0.1) is 23.7 Å². The third-order valence-corrected chi connectivity index (χ3v) is 4.58. The monoisotopic (exact) mass is 419 g/mol. The van der Waals surface area contributed by atoms with Crippen molar-refractivity contribution < 1.29 is 23.8 Å². The molecule has 0 N–H and O–H groups in total. The molecular weight excluding hydrogens is 402 g/mol. The van der Waals surface area contributed by atoms with Gasteiger partial charge in [0.1, 0.15) is 18.1 Å². The minimum absolute atomic E-state index is 0.0219. The lowest BCUT2D eigenvalue weighted by molar-refractivity contribution is -0.144. The summed E-state index contributed by atoms with van der Waals surface area (Å²) in [7, 11) is 1.59. The van der Waals surface area contributed by atoms with Crippen LogP contribution in [0.5, 0.6) is 11.5 Å². The van der Waals surface area contributed by atoms with Crippen molar-refractivity contribution in [2.45, 2.75) is 13.0 Å². The number of benzene rings is 2. The average Bonchev–Trinajstić information content (AvgIpc) is 2.65. The molecule has 0 bridgehead atoms. The molecule has 0 fully saturated rings. The van der Waals surface area contributed by atoms with Gasteiger partial charge in [-0.05, 0) is 45.8 Å². The van der Waals surface area contributed by atoms with Crippen molar-refractivity contribution >= 4 is 33.5 Å². The molecule has 0 aromatic heterocycles. The molecule has 0 atom stereocenters. The number of rotatable bonds is 6. The molecule has 0 unspecified atom stereocenters. The normalized spacial score (nSPS) is 13.0. The largest absolute Gasteiger partial charge is 0.496 e. The first-order valence-corrected chi connectivity index (χ1v) is 8.88. The smallest absolute Gasteiger partial charge is 0.307 e. The van der Waals surface area contributed by atoms with E-state index in [1.807, 2.05) is 24.3 Å². The van der Waals surface area contributed by atoms with E-state index in [-0.39, 0.29) is 38.1 Å². The zero-order valence-corrected chi connectivity index (χ0v) is 15.8. The maximum absolute atomic E-state index is 12.1. The molecule has 26 heavy (non-hydrogen) atoms. The summed E-state index contributed by atoms with van der Waals surface area (Å²) in [5, 5.41) is 0. The Labute approximate surface area is 159 Å². The van der Waals surface area contributed by atoms with E-state index < -0.39 is 0 Å². The van der Waals surface area contributed by atoms with Crippen molar-refractivity contribution in [2.24, 2.45) is 0 Å². The Balaban J connectivity index is 1.54. The van der Waals surface area contributed by atoms with E-state index in [0.717, 1.165) is 10.0 Å². The molecule has 136 valence electrons. The average molecular weight is 420 g/mol. The SMILES string of the molecule is COc1ccc(COC(=O)CCN2C(=O)COc3ccccc32)cc1Br. The van der Waals surface area contributed by atoms with E-state index in [1.165, 1.54) is 0 Å². The minimum Gasteiger partial charge on any atom is -0.496 e. The van der Waals surface area contributed by atoms with Crippen LogP contribution in [0, 0.1) is 0 Å². The van der Waals surface area contributed by atoms with Gasteiger partial charge in [0.2, 0.25) is 0 Å². The zero-order chi connectivity index (χ0) is 18.5. The molecule has 1 amide bonds. The number of carbonyl (C=O) groups excluding carboxylic acids is 2. The van der Waals surface area contributed by atoms with Gasteiger partial charge in [0.25, 0.3) is 5.91 Å². The quantitative estimate of drug-likeness (QED) is 0.671. The zero-order valence-electron chi connectivity index (χ0n) is 14.2. The first kappa shape index (κ1) is 18.3. The number of esters is 1. The summed E-state index contributed by atoms with van der Waals surface area (Å²) in [4.78, 5) is 25.7. The molecule has 1 heterocycles. The fourth-order valence-corrected chi connectivity index (χ4v) is 3.23. The van der Waals surface area contributed by atoms with Gasteiger partial charge in [-0.1, -0.05) is 18.2 Å². The van der Waals surface area contributed by atoms with Crippen molar-refractivity contribution in [2.75, 3.05) is 25.2 Å². The van der Waals surface area contributed by atoms with Crippen LogP contribution in [0.25, 0.3) is 0 Å². The maximum atomic E-state index is 12.1. The number of fused-ring (bicyclic) bond motifs is 1. The van der Waals surface area contributed by atoms with E-state index in [9.17, 15) is 9.59 Å². The number of hydrogen-bond acceptors (Lipinski definition) is 5. The van der Waals surface area contributed by atoms with Crippen molar-refractivity contribution in [1.29, 1.82) is 0 Å². The predicted molar refractivity (Wildman–Crippen MR) is 99.4 cm³/mol. The molecule has 7 heteroatoms. The number of amides is 1. The van der Waals surface area contributed by atoms with Crippen LogP contribution in [0.2, 0.25) is 0 Å². The summed E-state index contributed by atoms with van der Waals surface area (Å²) in [5.41, 5.74) is 1.52. The van der Waals surface area contributed by atoms with Gasteiger partial charge in [-0.2, -0.15) is 0 Å². The summed E-state index contributed by atoms with van der Waals surface area (Å²) in [6.45, 7) is 0.394. The Morgan fingerprint density at radius 2 is 2.08 bits per heavy atom. The topological polar surface area (TPSA) is 65.1 Å². The third-order valence-electron chi connectivity index (χ3n) is 3.96. The molecule has 1 aliphatic rings. The lowest BCUT2D eigenvalue weighted by Crippen LogP contribution is -2.40. The van der Waals surface area contributed by atoms with Gasteiger partial charge in [-0.15, -0.1) is 0 Å². The fraction of sp³-hybridized carbons (Fsp3) is 0.263. The van der Waals surface area contributed by atoms with Crippen molar-refractivity contribution in [3.8, 4) is 11.5 Å². The van der Waals surface area contributed by atoms with E-state index in [4.69, 9.17) is 14.2 Å². The number of anilines is 1. The molecule has 1 aliphatic heterocycles. The lowest BCUT2D eigenvalue weighted by atomic mass is 10.2. The van der Waals surface area contributed by atoms with Crippen LogP contribution in [-0.4, -0.2) is 32.1 Å². The summed E-state index contributed by atoms with van der Waals surface area (Å²) < 4.78 is 16.7. The molecule has 0 aliphatic carbocycles. The van der Waals surface area contributed by atoms with Crippen LogP contribution in [0.1, 0.15) is 12.0 Å². The Morgan fingerprint density at radius 1 is 1.27 bits per heavy atom. The fourth-order valence-electron chi connectivity index (χ4n) is 2.64. The van der Waals surface area contributed by atoms with Gasteiger partial charge in [-0.3, -0.25) is 9.59 Å². The van der Waals surface area contributed by atoms with Crippen LogP contribution in [0.15, 0.2) is 46.9 Å². The number of carbonyl (C=O) groups is 2. The number of methoxy groups -OCH3 is 1. The number of para-hydroxylation sites is 2. The summed E-state index contributed by atoms with van der Waals surface area (Å²) in [6.07, 6.45) is 0.109. The Morgan fingerprint density at radius 3 is 2.85 bits per heavy atom. The Hall–Kier alpha value is -2.54. The van der Waals surface area contributed by atoms with Crippen LogP contribution in [0.3, 0.4) is 0 Å².